The van der Waals surface area contributed by atoms with E-state index in [1.807, 2.05) is 0 Å². The van der Waals surface area contributed by atoms with Crippen molar-refractivity contribution in [2.75, 3.05) is 0 Å². The number of nitrogens with zero attached hydrogens (tertiary/aromatic N) is 1. The molecule has 1 unspecified atom stereocenters. The van der Waals surface area contributed by atoms with Crippen molar-refractivity contribution in [1.29, 1.82) is 0 Å². The van der Waals surface area contributed by atoms with Gasteiger partial charge in [-0.1, -0.05) is 0 Å². The molecule has 2 nitrogen and oxygen atoms in total. The Labute approximate surface area is 114 Å². The molecule has 1 atom stereocenters. The number of fused-ring (bicyclic) bond motifs is 1. The Morgan fingerprint density at radius 2 is 1.80 bits per heavy atom. The Morgan fingerprint density at radius 3 is 2.45 bits per heavy atom. The summed E-state index contributed by atoms with van der Waals surface area (Å²) in [5.41, 5.74) is 1.75. The highest BCUT2D eigenvalue weighted by Crippen LogP contribution is 2.35. The maximum Gasteiger partial charge on any atom is 0.153 e. The Kier molecular flexibility index (Phi) is 3.09. The van der Waals surface area contributed by atoms with E-state index in [-0.39, 0.29) is 5.69 Å². The van der Waals surface area contributed by atoms with E-state index in [1.165, 1.54) is 4.57 Å². The molecule has 0 amide bonds. The van der Waals surface area contributed by atoms with Gasteiger partial charge in [-0.05, 0) is 32.3 Å². The van der Waals surface area contributed by atoms with E-state index in [0.717, 1.165) is 6.42 Å². The van der Waals surface area contributed by atoms with Crippen molar-refractivity contribution in [2.45, 2.75) is 32.3 Å². The molecule has 5 heteroatoms. The fourth-order valence-electron chi connectivity index (χ4n) is 2.94. The summed E-state index contributed by atoms with van der Waals surface area (Å²) >= 11 is 0. The largest absolute Gasteiger partial charge is 0.388 e. The molecular weight excluding hydrogens is 267 g/mol. The molecule has 2 aromatic rings. The molecule has 0 saturated heterocycles. The van der Waals surface area contributed by atoms with Gasteiger partial charge in [-0.15, -0.1) is 0 Å². The second-order valence-corrected chi connectivity index (χ2v) is 5.15. The van der Waals surface area contributed by atoms with Crippen LogP contribution in [0.15, 0.2) is 18.2 Å². The number of hydrogen-bond donors (Lipinski definition) is 1. The molecule has 0 bridgehead atoms. The molecule has 1 aromatic heterocycles. The van der Waals surface area contributed by atoms with Crippen LogP contribution in [-0.2, 0) is 6.42 Å². The first-order valence-electron chi connectivity index (χ1n) is 6.53. The predicted molar refractivity (Wildman–Crippen MR) is 68.3 cm³/mol. The summed E-state index contributed by atoms with van der Waals surface area (Å²) in [4.78, 5) is 0. The number of aliphatic hydroxyl groups is 1. The number of aromatic nitrogens is 1. The highest BCUT2D eigenvalue weighted by molar-refractivity contribution is 5.45. The Hall–Kier alpha value is -1.75. The number of hydrogen-bond acceptors (Lipinski definition) is 1. The highest BCUT2D eigenvalue weighted by Gasteiger charge is 2.26. The van der Waals surface area contributed by atoms with Crippen LogP contribution in [0.3, 0.4) is 0 Å². The van der Waals surface area contributed by atoms with Crippen LogP contribution in [0.25, 0.3) is 5.69 Å². The third-order valence-electron chi connectivity index (χ3n) is 3.78. The monoisotopic (exact) mass is 281 g/mol. The van der Waals surface area contributed by atoms with Gasteiger partial charge in [-0.25, -0.2) is 13.2 Å². The van der Waals surface area contributed by atoms with E-state index in [9.17, 15) is 18.3 Å². The molecule has 1 aliphatic rings. The van der Waals surface area contributed by atoms with E-state index in [2.05, 4.69) is 0 Å². The van der Waals surface area contributed by atoms with Crippen molar-refractivity contribution in [2.24, 2.45) is 0 Å². The molecule has 1 aromatic carbocycles. The lowest BCUT2D eigenvalue weighted by Gasteiger charge is -2.21. The van der Waals surface area contributed by atoms with E-state index < -0.39 is 23.6 Å². The fourth-order valence-corrected chi connectivity index (χ4v) is 2.94. The van der Waals surface area contributed by atoms with Gasteiger partial charge < -0.3 is 9.67 Å². The van der Waals surface area contributed by atoms with Crippen LogP contribution in [0.2, 0.25) is 0 Å². The zero-order chi connectivity index (χ0) is 14.4. The molecule has 1 heterocycles. The van der Waals surface area contributed by atoms with Gasteiger partial charge in [0.2, 0.25) is 0 Å². The summed E-state index contributed by atoms with van der Waals surface area (Å²) in [6.07, 6.45) is 1.42. The van der Waals surface area contributed by atoms with Crippen LogP contribution in [0, 0.1) is 24.4 Å². The zero-order valence-electron chi connectivity index (χ0n) is 11.0. The summed E-state index contributed by atoms with van der Waals surface area (Å²) in [6.45, 7) is 1.72. The van der Waals surface area contributed by atoms with Crippen LogP contribution >= 0.6 is 0 Å². The van der Waals surface area contributed by atoms with E-state index >= 15 is 0 Å². The molecule has 0 aliphatic heterocycles. The van der Waals surface area contributed by atoms with E-state index in [4.69, 9.17) is 0 Å². The van der Waals surface area contributed by atoms with Crippen LogP contribution in [0.1, 0.15) is 35.9 Å². The lowest BCUT2D eigenvalue weighted by atomic mass is 9.95. The SMILES string of the molecule is Cc1cc2c(n1-c1c(F)cc(F)cc1F)CCCC2O. The second kappa shape index (κ2) is 4.66. The normalized spacial score (nSPS) is 18.1. The molecule has 20 heavy (non-hydrogen) atoms. The number of aliphatic hydroxyl groups excluding tert-OH is 1. The first-order valence-corrected chi connectivity index (χ1v) is 6.53. The maximum atomic E-state index is 14.0. The van der Waals surface area contributed by atoms with Gasteiger partial charge in [0.05, 0.1) is 6.10 Å². The summed E-state index contributed by atoms with van der Waals surface area (Å²) in [6, 6.07) is 3.08. The van der Waals surface area contributed by atoms with Gasteiger partial charge in [0, 0.05) is 29.1 Å². The van der Waals surface area contributed by atoms with E-state index in [1.54, 1.807) is 13.0 Å². The minimum absolute atomic E-state index is 0.278. The quantitative estimate of drug-likeness (QED) is 0.849. The highest BCUT2D eigenvalue weighted by atomic mass is 19.1. The molecule has 106 valence electrons. The Balaban J connectivity index is 2.26. The second-order valence-electron chi connectivity index (χ2n) is 5.15. The first kappa shape index (κ1) is 13.2. The molecule has 0 saturated carbocycles. The smallest absolute Gasteiger partial charge is 0.153 e. The third kappa shape index (κ3) is 1.93. The Morgan fingerprint density at radius 1 is 1.15 bits per heavy atom. The van der Waals surface area contributed by atoms with Crippen LogP contribution in [0.5, 0.6) is 0 Å². The van der Waals surface area contributed by atoms with Gasteiger partial charge in [-0.2, -0.15) is 0 Å². The van der Waals surface area contributed by atoms with Crippen LogP contribution in [-0.4, -0.2) is 9.67 Å². The van der Waals surface area contributed by atoms with Crippen molar-refractivity contribution < 1.29 is 18.3 Å². The summed E-state index contributed by atoms with van der Waals surface area (Å²) in [7, 11) is 0. The van der Waals surface area contributed by atoms with Crippen molar-refractivity contribution in [3.05, 3.63) is 52.6 Å². The number of aryl methyl sites for hydroxylation is 1. The van der Waals surface area contributed by atoms with Gasteiger partial charge in [0.1, 0.15) is 11.5 Å². The average molecular weight is 281 g/mol. The molecule has 0 radical (unpaired) electrons. The molecule has 0 spiro atoms. The number of halogens is 3. The molecule has 0 fully saturated rings. The summed E-state index contributed by atoms with van der Waals surface area (Å²) in [5.74, 6) is -2.82. The number of benzene rings is 1. The van der Waals surface area contributed by atoms with Crippen LogP contribution in [0.4, 0.5) is 13.2 Å². The lowest BCUT2D eigenvalue weighted by Crippen LogP contribution is -2.13. The summed E-state index contributed by atoms with van der Waals surface area (Å²) in [5, 5.41) is 9.97. The minimum atomic E-state index is -0.942. The molecular formula is C15H14F3NO. The molecule has 1 aliphatic carbocycles. The van der Waals surface area contributed by atoms with Gasteiger partial charge in [0.15, 0.2) is 11.6 Å². The maximum absolute atomic E-state index is 14.0. The van der Waals surface area contributed by atoms with Gasteiger partial charge in [-0.3, -0.25) is 0 Å². The predicted octanol–water partition coefficient (Wildman–Crippen LogP) is 3.57. The van der Waals surface area contributed by atoms with Crippen molar-refractivity contribution >= 4 is 0 Å². The lowest BCUT2D eigenvalue weighted by molar-refractivity contribution is 0.156. The zero-order valence-corrected chi connectivity index (χ0v) is 11.0. The van der Waals surface area contributed by atoms with E-state index in [0.29, 0.717) is 41.9 Å². The van der Waals surface area contributed by atoms with Gasteiger partial charge >= 0.3 is 0 Å². The molecule has 3 rings (SSSR count). The average Bonchev–Trinajstić information content (AvgIpc) is 2.67. The van der Waals surface area contributed by atoms with Crippen LogP contribution < -0.4 is 0 Å². The standard InChI is InChI=1S/C15H14F3NO/c1-8-5-10-13(3-2-4-14(10)20)19(8)15-11(17)6-9(16)7-12(15)18/h5-7,14,20H,2-4H2,1H3. The summed E-state index contributed by atoms with van der Waals surface area (Å²) < 4.78 is 42.4. The Bertz CT molecular complexity index is 655. The van der Waals surface area contributed by atoms with Crippen molar-refractivity contribution in [1.82, 2.24) is 4.57 Å². The first-order chi connectivity index (χ1) is 9.49. The molecule has 1 N–H and O–H groups in total. The fraction of sp³-hybridized carbons (Fsp3) is 0.333. The van der Waals surface area contributed by atoms with Gasteiger partial charge in [0.25, 0.3) is 0 Å². The minimum Gasteiger partial charge on any atom is -0.388 e. The topological polar surface area (TPSA) is 25.2 Å². The number of rotatable bonds is 1. The van der Waals surface area contributed by atoms with Crippen molar-refractivity contribution in [3.63, 3.8) is 0 Å². The van der Waals surface area contributed by atoms with Crippen molar-refractivity contribution in [3.8, 4) is 5.69 Å². The third-order valence-corrected chi connectivity index (χ3v) is 3.78.